The summed E-state index contributed by atoms with van der Waals surface area (Å²) >= 11 is 0. The quantitative estimate of drug-likeness (QED) is 0.796. The molecule has 1 aliphatic rings. The molecule has 0 saturated heterocycles. The number of hydrogen-bond donors (Lipinski definition) is 0. The summed E-state index contributed by atoms with van der Waals surface area (Å²) in [6.45, 7) is 1.65. The van der Waals surface area contributed by atoms with Crippen LogP contribution in [0.3, 0.4) is 0 Å². The molecule has 5 heteroatoms. The molecule has 0 radical (unpaired) electrons. The van der Waals surface area contributed by atoms with Crippen molar-refractivity contribution < 1.29 is 17.9 Å². The lowest BCUT2D eigenvalue weighted by Gasteiger charge is -2.16. The van der Waals surface area contributed by atoms with Crippen molar-refractivity contribution in [1.82, 2.24) is 4.98 Å². The van der Waals surface area contributed by atoms with Crippen LogP contribution in [0.5, 0.6) is 5.75 Å². The minimum Gasteiger partial charge on any atom is -0.490 e. The van der Waals surface area contributed by atoms with E-state index < -0.39 is 11.7 Å². The van der Waals surface area contributed by atoms with Crippen LogP contribution in [-0.2, 0) is 12.6 Å². The summed E-state index contributed by atoms with van der Waals surface area (Å²) < 4.78 is 43.8. The van der Waals surface area contributed by atoms with Crippen LogP contribution in [0.25, 0.3) is 0 Å². The third kappa shape index (κ3) is 2.28. The van der Waals surface area contributed by atoms with Gasteiger partial charge in [-0.15, -0.1) is 0 Å². The standard InChI is InChI=1S/C11H12F3NO/c1-2-8-10(11(12,13)14)9(5-6-15-8)16-7-3-4-7/h5-7H,2-4H2,1H3. The Labute approximate surface area is 91.4 Å². The first kappa shape index (κ1) is 11.2. The molecular formula is C11H12F3NO. The Morgan fingerprint density at radius 1 is 1.44 bits per heavy atom. The van der Waals surface area contributed by atoms with Crippen LogP contribution < -0.4 is 4.74 Å². The molecule has 1 aliphatic carbocycles. The van der Waals surface area contributed by atoms with Crippen molar-refractivity contribution in [2.45, 2.75) is 38.5 Å². The smallest absolute Gasteiger partial charge is 0.421 e. The molecule has 88 valence electrons. The van der Waals surface area contributed by atoms with Crippen LogP contribution in [0, 0.1) is 0 Å². The fraction of sp³-hybridized carbons (Fsp3) is 0.545. The van der Waals surface area contributed by atoms with Gasteiger partial charge in [-0.25, -0.2) is 0 Å². The summed E-state index contributed by atoms with van der Waals surface area (Å²) in [4.78, 5) is 3.75. The van der Waals surface area contributed by atoms with E-state index in [1.54, 1.807) is 6.92 Å². The number of nitrogens with zero attached hydrogens (tertiary/aromatic N) is 1. The Morgan fingerprint density at radius 2 is 2.12 bits per heavy atom. The first-order valence-electron chi connectivity index (χ1n) is 5.24. The Balaban J connectivity index is 2.41. The van der Waals surface area contributed by atoms with Crippen molar-refractivity contribution in [3.8, 4) is 5.75 Å². The van der Waals surface area contributed by atoms with E-state index in [9.17, 15) is 13.2 Å². The van der Waals surface area contributed by atoms with Crippen molar-refractivity contribution >= 4 is 0 Å². The lowest BCUT2D eigenvalue weighted by atomic mass is 10.1. The van der Waals surface area contributed by atoms with Gasteiger partial charge in [0.25, 0.3) is 0 Å². The second-order valence-corrected chi connectivity index (χ2v) is 3.80. The molecule has 0 aliphatic heterocycles. The molecule has 2 rings (SSSR count). The van der Waals surface area contributed by atoms with Crippen LogP contribution in [0.4, 0.5) is 13.2 Å². The van der Waals surface area contributed by atoms with Crippen molar-refractivity contribution in [3.63, 3.8) is 0 Å². The Bertz CT molecular complexity index is 385. The largest absolute Gasteiger partial charge is 0.490 e. The monoisotopic (exact) mass is 231 g/mol. The Morgan fingerprint density at radius 3 is 2.62 bits per heavy atom. The van der Waals surface area contributed by atoms with Gasteiger partial charge in [0, 0.05) is 6.20 Å². The van der Waals surface area contributed by atoms with Crippen LogP contribution in [0.2, 0.25) is 0 Å². The second-order valence-electron chi connectivity index (χ2n) is 3.80. The van der Waals surface area contributed by atoms with E-state index in [0.717, 1.165) is 12.8 Å². The van der Waals surface area contributed by atoms with E-state index in [0.29, 0.717) is 0 Å². The highest BCUT2D eigenvalue weighted by Crippen LogP contribution is 2.40. The molecule has 0 aromatic carbocycles. The molecule has 0 atom stereocenters. The number of alkyl halides is 3. The van der Waals surface area contributed by atoms with Gasteiger partial charge in [-0.05, 0) is 25.3 Å². The van der Waals surface area contributed by atoms with Crippen molar-refractivity contribution in [1.29, 1.82) is 0 Å². The molecule has 0 bridgehead atoms. The maximum atomic E-state index is 12.8. The average molecular weight is 231 g/mol. The lowest BCUT2D eigenvalue weighted by Crippen LogP contribution is -2.14. The minimum atomic E-state index is -4.40. The van der Waals surface area contributed by atoms with Crippen LogP contribution in [0.1, 0.15) is 31.0 Å². The number of hydrogen-bond acceptors (Lipinski definition) is 2. The zero-order valence-electron chi connectivity index (χ0n) is 8.84. The highest BCUT2D eigenvalue weighted by atomic mass is 19.4. The molecule has 0 spiro atoms. The average Bonchev–Trinajstić information content (AvgIpc) is 2.99. The normalized spacial score (nSPS) is 16.2. The number of aryl methyl sites for hydroxylation is 1. The van der Waals surface area contributed by atoms with E-state index in [1.807, 2.05) is 0 Å². The number of halogens is 3. The number of pyridine rings is 1. The number of rotatable bonds is 3. The molecule has 1 heterocycles. The molecule has 16 heavy (non-hydrogen) atoms. The SMILES string of the molecule is CCc1nccc(OC2CC2)c1C(F)(F)F. The van der Waals surface area contributed by atoms with Gasteiger partial charge in [-0.2, -0.15) is 13.2 Å². The molecule has 0 amide bonds. The van der Waals surface area contributed by atoms with Gasteiger partial charge in [0.15, 0.2) is 0 Å². The van der Waals surface area contributed by atoms with Gasteiger partial charge in [-0.3, -0.25) is 4.98 Å². The predicted molar refractivity (Wildman–Crippen MR) is 52.3 cm³/mol. The molecule has 1 aromatic rings. The first-order chi connectivity index (χ1) is 7.52. The fourth-order valence-corrected chi connectivity index (χ4v) is 1.52. The molecule has 0 unspecified atom stereocenters. The van der Waals surface area contributed by atoms with Crippen LogP contribution in [0.15, 0.2) is 12.3 Å². The van der Waals surface area contributed by atoms with Gasteiger partial charge in [-0.1, -0.05) is 6.92 Å². The van der Waals surface area contributed by atoms with Crippen molar-refractivity contribution in [2.24, 2.45) is 0 Å². The summed E-state index contributed by atoms with van der Waals surface area (Å²) in [6.07, 6.45) is -1.16. The van der Waals surface area contributed by atoms with E-state index in [1.165, 1.54) is 12.3 Å². The van der Waals surface area contributed by atoms with E-state index >= 15 is 0 Å². The molecule has 1 aromatic heterocycles. The second kappa shape index (κ2) is 3.96. The summed E-state index contributed by atoms with van der Waals surface area (Å²) in [6, 6.07) is 1.29. The maximum Gasteiger partial charge on any atom is 0.421 e. The highest BCUT2D eigenvalue weighted by molar-refractivity contribution is 5.38. The zero-order chi connectivity index (χ0) is 11.8. The topological polar surface area (TPSA) is 22.1 Å². The minimum absolute atomic E-state index is 0.0469. The highest BCUT2D eigenvalue weighted by Gasteiger charge is 2.38. The number of ether oxygens (including phenoxy) is 1. The van der Waals surface area contributed by atoms with Gasteiger partial charge in [0.2, 0.25) is 0 Å². The first-order valence-corrected chi connectivity index (χ1v) is 5.24. The third-order valence-corrected chi connectivity index (χ3v) is 2.43. The van der Waals surface area contributed by atoms with E-state index in [4.69, 9.17) is 4.74 Å². The Kier molecular flexibility index (Phi) is 2.78. The lowest BCUT2D eigenvalue weighted by molar-refractivity contribution is -0.139. The van der Waals surface area contributed by atoms with Crippen molar-refractivity contribution in [2.75, 3.05) is 0 Å². The van der Waals surface area contributed by atoms with E-state index in [2.05, 4.69) is 4.98 Å². The third-order valence-electron chi connectivity index (χ3n) is 2.43. The van der Waals surface area contributed by atoms with Gasteiger partial charge in [0.1, 0.15) is 11.3 Å². The van der Waals surface area contributed by atoms with Gasteiger partial charge in [0.05, 0.1) is 11.8 Å². The summed E-state index contributed by atoms with van der Waals surface area (Å²) in [7, 11) is 0. The van der Waals surface area contributed by atoms with Crippen molar-refractivity contribution in [3.05, 3.63) is 23.5 Å². The van der Waals surface area contributed by atoms with Gasteiger partial charge < -0.3 is 4.74 Å². The van der Waals surface area contributed by atoms with Gasteiger partial charge >= 0.3 is 6.18 Å². The molecule has 2 nitrogen and oxygen atoms in total. The summed E-state index contributed by atoms with van der Waals surface area (Å²) in [5.74, 6) is -0.0816. The fourth-order valence-electron chi connectivity index (χ4n) is 1.52. The molecule has 1 saturated carbocycles. The number of aromatic nitrogens is 1. The summed E-state index contributed by atoms with van der Waals surface area (Å²) in [5.41, 5.74) is -0.671. The van der Waals surface area contributed by atoms with E-state index in [-0.39, 0.29) is 24.0 Å². The Hall–Kier alpha value is -1.26. The zero-order valence-corrected chi connectivity index (χ0v) is 8.84. The molecular weight excluding hydrogens is 219 g/mol. The summed E-state index contributed by atoms with van der Waals surface area (Å²) in [5, 5.41) is 0. The van der Waals surface area contributed by atoms with Crippen LogP contribution in [-0.4, -0.2) is 11.1 Å². The predicted octanol–water partition coefficient (Wildman–Crippen LogP) is 3.20. The maximum absolute atomic E-state index is 12.8. The molecule has 0 N–H and O–H groups in total. The van der Waals surface area contributed by atoms with Crippen LogP contribution >= 0.6 is 0 Å². The molecule has 1 fully saturated rings.